The van der Waals surface area contributed by atoms with Crippen molar-refractivity contribution < 1.29 is 19.5 Å². The third-order valence-electron chi connectivity index (χ3n) is 6.42. The molecule has 0 aromatic rings. The lowest BCUT2D eigenvalue weighted by molar-refractivity contribution is -0.140. The fourth-order valence-electron chi connectivity index (χ4n) is 4.55. The van der Waals surface area contributed by atoms with Crippen molar-refractivity contribution in [3.8, 4) is 0 Å². The van der Waals surface area contributed by atoms with Crippen molar-refractivity contribution in [1.29, 1.82) is 0 Å². The van der Waals surface area contributed by atoms with Gasteiger partial charge in [0.1, 0.15) is 0 Å². The predicted molar refractivity (Wildman–Crippen MR) is 101 cm³/mol. The number of carbonyl (C=O) groups excluding carboxylic acids is 2. The van der Waals surface area contributed by atoms with Gasteiger partial charge in [0.2, 0.25) is 11.8 Å². The monoisotopic (exact) mass is 379 g/mol. The summed E-state index contributed by atoms with van der Waals surface area (Å²) >= 11 is 0. The highest BCUT2D eigenvalue weighted by molar-refractivity contribution is 5.81. The Morgan fingerprint density at radius 3 is 2.37 bits per heavy atom. The van der Waals surface area contributed by atoms with Gasteiger partial charge < -0.3 is 19.8 Å². The number of carboxylic acid groups (broad SMARTS) is 1. The van der Waals surface area contributed by atoms with E-state index in [1.807, 2.05) is 9.80 Å². The maximum Gasteiger partial charge on any atom is 0.303 e. The zero-order valence-corrected chi connectivity index (χ0v) is 16.4. The first-order chi connectivity index (χ1) is 12.9. The van der Waals surface area contributed by atoms with Gasteiger partial charge in [0.05, 0.1) is 0 Å². The molecule has 152 valence electrons. The Kier molecular flexibility index (Phi) is 6.73. The summed E-state index contributed by atoms with van der Waals surface area (Å²) in [7, 11) is 0. The quantitative estimate of drug-likeness (QED) is 0.752. The molecule has 0 radical (unpaired) electrons. The third-order valence-corrected chi connectivity index (χ3v) is 6.42. The van der Waals surface area contributed by atoms with Crippen LogP contribution in [0.15, 0.2) is 0 Å². The highest BCUT2D eigenvalue weighted by atomic mass is 16.4. The van der Waals surface area contributed by atoms with E-state index in [0.717, 1.165) is 64.8 Å². The first-order valence-corrected chi connectivity index (χ1v) is 10.4. The Bertz CT molecular complexity index is 563. The average Bonchev–Trinajstić information content (AvgIpc) is 3.46. The lowest BCUT2D eigenvalue weighted by atomic mass is 9.81. The van der Waals surface area contributed by atoms with E-state index in [1.54, 1.807) is 6.92 Å². The van der Waals surface area contributed by atoms with E-state index in [-0.39, 0.29) is 36.0 Å². The third kappa shape index (κ3) is 5.67. The van der Waals surface area contributed by atoms with Gasteiger partial charge in [-0.3, -0.25) is 14.4 Å². The molecule has 3 aliphatic rings. The molecular formula is C20H33N3O4. The van der Waals surface area contributed by atoms with Crippen LogP contribution in [0.4, 0.5) is 0 Å². The van der Waals surface area contributed by atoms with Crippen LogP contribution in [-0.4, -0.2) is 83.4 Å². The van der Waals surface area contributed by atoms with Crippen molar-refractivity contribution in [3.05, 3.63) is 0 Å². The van der Waals surface area contributed by atoms with Gasteiger partial charge in [0.25, 0.3) is 0 Å². The molecule has 1 saturated carbocycles. The average molecular weight is 380 g/mol. The molecule has 1 aliphatic carbocycles. The summed E-state index contributed by atoms with van der Waals surface area (Å²) < 4.78 is 0. The Morgan fingerprint density at radius 2 is 1.70 bits per heavy atom. The summed E-state index contributed by atoms with van der Waals surface area (Å²) in [6.45, 7) is 7.40. The van der Waals surface area contributed by atoms with Crippen molar-refractivity contribution in [3.63, 3.8) is 0 Å². The first kappa shape index (κ1) is 20.1. The molecule has 3 rings (SSSR count). The molecule has 27 heavy (non-hydrogen) atoms. The molecule has 2 aliphatic heterocycles. The molecule has 0 aromatic heterocycles. The van der Waals surface area contributed by atoms with Gasteiger partial charge in [-0.25, -0.2) is 0 Å². The second kappa shape index (κ2) is 9.04. The number of likely N-dealkylation sites (tertiary alicyclic amines) is 1. The minimum absolute atomic E-state index is 0.139. The molecule has 2 heterocycles. The maximum atomic E-state index is 12.4. The molecule has 7 nitrogen and oxygen atoms in total. The molecule has 1 N–H and O–H groups in total. The largest absolute Gasteiger partial charge is 0.481 e. The summed E-state index contributed by atoms with van der Waals surface area (Å²) in [5.41, 5.74) is 0. The topological polar surface area (TPSA) is 81.2 Å². The summed E-state index contributed by atoms with van der Waals surface area (Å²) in [4.78, 5) is 41.6. The van der Waals surface area contributed by atoms with Crippen LogP contribution < -0.4 is 0 Å². The van der Waals surface area contributed by atoms with Gasteiger partial charge in [-0.05, 0) is 57.0 Å². The molecule has 2 atom stereocenters. The van der Waals surface area contributed by atoms with E-state index in [2.05, 4.69) is 4.90 Å². The normalized spacial score (nSPS) is 27.3. The van der Waals surface area contributed by atoms with Crippen LogP contribution in [0, 0.1) is 17.8 Å². The van der Waals surface area contributed by atoms with Gasteiger partial charge in [-0.2, -0.15) is 0 Å². The van der Waals surface area contributed by atoms with Crippen molar-refractivity contribution in [2.24, 2.45) is 17.8 Å². The van der Waals surface area contributed by atoms with E-state index in [9.17, 15) is 19.5 Å². The van der Waals surface area contributed by atoms with Gasteiger partial charge in [0, 0.05) is 52.0 Å². The molecule has 2 amide bonds. The molecule has 3 fully saturated rings. The summed E-state index contributed by atoms with van der Waals surface area (Å²) in [5, 5.41) is 9.26. The van der Waals surface area contributed by atoms with Gasteiger partial charge in [-0.1, -0.05) is 0 Å². The zero-order chi connectivity index (χ0) is 19.4. The van der Waals surface area contributed by atoms with Crippen LogP contribution in [0.3, 0.4) is 0 Å². The lowest BCUT2D eigenvalue weighted by Crippen LogP contribution is -2.46. The SMILES string of the molecule is CC(=O)N1CCCN(CCC2CN(C(=O)C3CC3)CCC2CC(=O)O)CC1. The fourth-order valence-corrected chi connectivity index (χ4v) is 4.55. The summed E-state index contributed by atoms with van der Waals surface area (Å²) in [5.74, 6) is 0.320. The Labute approximate surface area is 161 Å². The van der Waals surface area contributed by atoms with Crippen molar-refractivity contribution in [1.82, 2.24) is 14.7 Å². The molecule has 0 aromatic carbocycles. The molecule has 2 unspecified atom stereocenters. The van der Waals surface area contributed by atoms with Gasteiger partial charge in [0.15, 0.2) is 0 Å². The Hall–Kier alpha value is -1.63. The predicted octanol–water partition coefficient (Wildman–Crippen LogP) is 1.28. The number of hydrogen-bond acceptors (Lipinski definition) is 4. The molecular weight excluding hydrogens is 346 g/mol. The van der Waals surface area contributed by atoms with Crippen molar-refractivity contribution in [2.75, 3.05) is 45.8 Å². The maximum absolute atomic E-state index is 12.4. The highest BCUT2D eigenvalue weighted by Crippen LogP contribution is 2.35. The Morgan fingerprint density at radius 1 is 0.926 bits per heavy atom. The minimum Gasteiger partial charge on any atom is -0.481 e. The highest BCUT2D eigenvalue weighted by Gasteiger charge is 2.38. The standard InChI is InChI=1S/C20H33N3O4/c1-15(24)22-8-2-7-21(11-12-22)9-5-18-14-23(20(27)16-3-4-16)10-6-17(18)13-19(25)26/h16-18H,2-14H2,1H3,(H,25,26). The number of aliphatic carboxylic acids is 1. The van der Waals surface area contributed by atoms with Crippen LogP contribution >= 0.6 is 0 Å². The number of piperidine rings is 1. The van der Waals surface area contributed by atoms with E-state index in [0.29, 0.717) is 13.1 Å². The van der Waals surface area contributed by atoms with Crippen LogP contribution in [0.1, 0.15) is 45.4 Å². The first-order valence-electron chi connectivity index (χ1n) is 10.4. The molecule has 7 heteroatoms. The number of carbonyl (C=O) groups is 3. The second-order valence-corrected chi connectivity index (χ2v) is 8.46. The molecule has 2 saturated heterocycles. The number of rotatable bonds is 6. The van der Waals surface area contributed by atoms with Gasteiger partial charge >= 0.3 is 5.97 Å². The van der Waals surface area contributed by atoms with Crippen molar-refractivity contribution >= 4 is 17.8 Å². The minimum atomic E-state index is -0.737. The van der Waals surface area contributed by atoms with Crippen molar-refractivity contribution in [2.45, 2.75) is 45.4 Å². The zero-order valence-electron chi connectivity index (χ0n) is 16.4. The number of amides is 2. The number of nitrogens with zero attached hydrogens (tertiary/aromatic N) is 3. The second-order valence-electron chi connectivity index (χ2n) is 8.46. The number of hydrogen-bond donors (Lipinski definition) is 1. The summed E-state index contributed by atoms with van der Waals surface area (Å²) in [6.07, 6.45) is 4.93. The molecule has 0 spiro atoms. The van der Waals surface area contributed by atoms with Crippen LogP contribution in [0.25, 0.3) is 0 Å². The fraction of sp³-hybridized carbons (Fsp3) is 0.850. The van der Waals surface area contributed by atoms with Crippen LogP contribution in [0.5, 0.6) is 0 Å². The van der Waals surface area contributed by atoms with E-state index >= 15 is 0 Å². The number of carboxylic acids is 1. The van der Waals surface area contributed by atoms with E-state index < -0.39 is 5.97 Å². The van der Waals surface area contributed by atoms with Gasteiger partial charge in [-0.15, -0.1) is 0 Å². The van der Waals surface area contributed by atoms with E-state index in [4.69, 9.17) is 0 Å². The van der Waals surface area contributed by atoms with Crippen LogP contribution in [0.2, 0.25) is 0 Å². The summed E-state index contributed by atoms with van der Waals surface area (Å²) in [6, 6.07) is 0. The Balaban J connectivity index is 1.54. The smallest absolute Gasteiger partial charge is 0.303 e. The molecule has 0 bridgehead atoms. The lowest BCUT2D eigenvalue weighted by Gasteiger charge is -2.39. The van der Waals surface area contributed by atoms with Crippen LogP contribution in [-0.2, 0) is 14.4 Å². The van der Waals surface area contributed by atoms with E-state index in [1.165, 1.54) is 0 Å².